The summed E-state index contributed by atoms with van der Waals surface area (Å²) in [6.45, 7) is 9.67. The van der Waals surface area contributed by atoms with Crippen LogP contribution in [-0.4, -0.2) is 55.6 Å². The van der Waals surface area contributed by atoms with E-state index in [1.165, 1.54) is 11.3 Å². The quantitative estimate of drug-likeness (QED) is 0.632. The van der Waals surface area contributed by atoms with Gasteiger partial charge in [0, 0.05) is 26.3 Å². The number of aromatic carboxylic acids is 1. The molecule has 0 amide bonds. The number of carboxylic acid groups (broad SMARTS) is 1. The zero-order valence-electron chi connectivity index (χ0n) is 12.9. The van der Waals surface area contributed by atoms with E-state index in [4.69, 9.17) is 9.47 Å². The Morgan fingerprint density at radius 2 is 1.76 bits per heavy atom. The van der Waals surface area contributed by atoms with Gasteiger partial charge >= 0.3 is 5.97 Å². The van der Waals surface area contributed by atoms with Crippen molar-refractivity contribution >= 4 is 22.4 Å². The van der Waals surface area contributed by atoms with Gasteiger partial charge in [-0.15, -0.1) is 0 Å². The minimum Gasteiger partial charge on any atom is -0.477 e. The fourth-order valence-electron chi connectivity index (χ4n) is 1.82. The van der Waals surface area contributed by atoms with E-state index in [0.29, 0.717) is 56.5 Å². The van der Waals surface area contributed by atoms with Crippen LogP contribution in [0.2, 0.25) is 0 Å². The number of nitrogens with zero attached hydrogens (tertiary/aromatic N) is 2. The third kappa shape index (κ3) is 5.61. The third-order valence-corrected chi connectivity index (χ3v) is 4.05. The number of ether oxygens (including phenoxy) is 2. The van der Waals surface area contributed by atoms with E-state index in [2.05, 4.69) is 4.98 Å². The van der Waals surface area contributed by atoms with Crippen LogP contribution in [0.3, 0.4) is 0 Å². The number of aromatic nitrogens is 1. The Labute approximate surface area is 129 Å². The van der Waals surface area contributed by atoms with Crippen LogP contribution in [-0.2, 0) is 15.9 Å². The highest BCUT2D eigenvalue weighted by Crippen LogP contribution is 2.26. The van der Waals surface area contributed by atoms with Gasteiger partial charge in [-0.2, -0.15) is 0 Å². The van der Waals surface area contributed by atoms with Gasteiger partial charge in [0.2, 0.25) is 0 Å². The fraction of sp³-hybridized carbons (Fsp3) is 0.714. The van der Waals surface area contributed by atoms with Gasteiger partial charge in [-0.05, 0) is 20.3 Å². The molecule has 0 bridgehead atoms. The molecular weight excluding hydrogens is 292 g/mol. The second kappa shape index (κ2) is 9.70. The number of anilines is 1. The highest BCUT2D eigenvalue weighted by Gasteiger charge is 2.19. The Kier molecular flexibility index (Phi) is 8.26. The molecule has 0 saturated carbocycles. The first kappa shape index (κ1) is 17.9. The molecule has 1 rings (SSSR count). The Bertz CT molecular complexity index is 427. The maximum atomic E-state index is 11.2. The lowest BCUT2D eigenvalue weighted by atomic mass is 10.3. The summed E-state index contributed by atoms with van der Waals surface area (Å²) in [5.74, 6) is -0.912. The van der Waals surface area contributed by atoms with Crippen LogP contribution in [0, 0.1) is 0 Å². The zero-order valence-corrected chi connectivity index (χ0v) is 13.7. The molecule has 1 N–H and O–H groups in total. The smallest absolute Gasteiger partial charge is 0.347 e. The van der Waals surface area contributed by atoms with Crippen LogP contribution in [0.5, 0.6) is 0 Å². The predicted octanol–water partition coefficient (Wildman–Crippen LogP) is 2.28. The fourth-order valence-corrected chi connectivity index (χ4v) is 2.87. The lowest BCUT2D eigenvalue weighted by Gasteiger charge is -2.21. The molecule has 0 aliphatic rings. The number of carboxylic acids is 1. The van der Waals surface area contributed by atoms with Gasteiger partial charge in [0.05, 0.1) is 18.9 Å². The number of hydrogen-bond donors (Lipinski definition) is 1. The summed E-state index contributed by atoms with van der Waals surface area (Å²) in [6.07, 6.45) is 0.614. The molecule has 0 fully saturated rings. The normalized spacial score (nSPS) is 10.8. The summed E-state index contributed by atoms with van der Waals surface area (Å²) < 4.78 is 10.8. The Hall–Kier alpha value is -1.18. The van der Waals surface area contributed by atoms with Crippen molar-refractivity contribution in [1.29, 1.82) is 0 Å². The molecule has 21 heavy (non-hydrogen) atoms. The van der Waals surface area contributed by atoms with E-state index < -0.39 is 5.97 Å². The Morgan fingerprint density at radius 1 is 1.19 bits per heavy atom. The molecule has 1 aromatic rings. The van der Waals surface area contributed by atoms with Crippen molar-refractivity contribution in [2.75, 3.05) is 44.4 Å². The number of carbonyl (C=O) groups is 1. The van der Waals surface area contributed by atoms with Gasteiger partial charge in [-0.1, -0.05) is 18.3 Å². The summed E-state index contributed by atoms with van der Waals surface area (Å²) >= 11 is 1.22. The standard InChI is InChI=1S/C14H24N2O4S/c1-4-11-12(13(17)18)21-14(15-11)16(7-9-19-5-2)8-10-20-6-3/h4-10H2,1-3H3,(H,17,18). The molecule has 0 aliphatic carbocycles. The summed E-state index contributed by atoms with van der Waals surface area (Å²) in [5.41, 5.74) is 0.639. The molecular formula is C14H24N2O4S. The van der Waals surface area contributed by atoms with E-state index in [1.807, 2.05) is 25.7 Å². The predicted molar refractivity (Wildman–Crippen MR) is 83.7 cm³/mol. The summed E-state index contributed by atoms with van der Waals surface area (Å²) in [4.78, 5) is 18.1. The van der Waals surface area contributed by atoms with Crippen LogP contribution < -0.4 is 4.90 Å². The van der Waals surface area contributed by atoms with Crippen LogP contribution in [0.1, 0.15) is 36.1 Å². The molecule has 7 heteroatoms. The first-order valence-corrected chi connectivity index (χ1v) is 8.09. The second-order valence-electron chi connectivity index (χ2n) is 4.31. The SMILES string of the molecule is CCOCCN(CCOCC)c1nc(CC)c(C(=O)O)s1. The van der Waals surface area contributed by atoms with Gasteiger partial charge < -0.3 is 19.5 Å². The zero-order chi connectivity index (χ0) is 15.7. The molecule has 6 nitrogen and oxygen atoms in total. The highest BCUT2D eigenvalue weighted by atomic mass is 32.1. The van der Waals surface area contributed by atoms with Crippen LogP contribution >= 0.6 is 11.3 Å². The van der Waals surface area contributed by atoms with Crippen LogP contribution in [0.15, 0.2) is 0 Å². The van der Waals surface area contributed by atoms with Crippen molar-refractivity contribution < 1.29 is 19.4 Å². The Morgan fingerprint density at radius 3 is 2.14 bits per heavy atom. The molecule has 0 aromatic carbocycles. The van der Waals surface area contributed by atoms with Gasteiger partial charge in [0.25, 0.3) is 0 Å². The molecule has 0 saturated heterocycles. The Balaban J connectivity index is 2.82. The average molecular weight is 316 g/mol. The van der Waals surface area contributed by atoms with Gasteiger partial charge in [0.15, 0.2) is 5.13 Å². The lowest BCUT2D eigenvalue weighted by molar-refractivity contribution is 0.0700. The molecule has 120 valence electrons. The minimum absolute atomic E-state index is 0.324. The number of aryl methyl sites for hydroxylation is 1. The molecule has 0 aliphatic heterocycles. The van der Waals surface area contributed by atoms with E-state index in [-0.39, 0.29) is 0 Å². The topological polar surface area (TPSA) is 71.9 Å². The lowest BCUT2D eigenvalue weighted by Crippen LogP contribution is -2.31. The van der Waals surface area contributed by atoms with Crippen LogP contribution in [0.25, 0.3) is 0 Å². The highest BCUT2D eigenvalue weighted by molar-refractivity contribution is 7.17. The van der Waals surface area contributed by atoms with E-state index in [9.17, 15) is 9.90 Å². The monoisotopic (exact) mass is 316 g/mol. The van der Waals surface area contributed by atoms with Crippen molar-refractivity contribution in [3.05, 3.63) is 10.6 Å². The third-order valence-electron chi connectivity index (χ3n) is 2.91. The van der Waals surface area contributed by atoms with E-state index in [0.717, 1.165) is 5.13 Å². The van der Waals surface area contributed by atoms with Gasteiger partial charge in [-0.3, -0.25) is 0 Å². The number of thiazole rings is 1. The van der Waals surface area contributed by atoms with Crippen molar-refractivity contribution in [1.82, 2.24) is 4.98 Å². The first-order valence-electron chi connectivity index (χ1n) is 7.27. The molecule has 0 spiro atoms. The van der Waals surface area contributed by atoms with Crippen molar-refractivity contribution in [3.63, 3.8) is 0 Å². The van der Waals surface area contributed by atoms with E-state index >= 15 is 0 Å². The molecule has 1 heterocycles. The van der Waals surface area contributed by atoms with Crippen molar-refractivity contribution in [3.8, 4) is 0 Å². The molecule has 0 unspecified atom stereocenters. The minimum atomic E-state index is -0.912. The number of hydrogen-bond acceptors (Lipinski definition) is 6. The average Bonchev–Trinajstić information content (AvgIpc) is 2.90. The van der Waals surface area contributed by atoms with Gasteiger partial charge in [-0.25, -0.2) is 9.78 Å². The summed E-state index contributed by atoms with van der Waals surface area (Å²) in [5, 5.41) is 9.95. The largest absolute Gasteiger partial charge is 0.477 e. The molecule has 0 atom stereocenters. The van der Waals surface area contributed by atoms with E-state index in [1.54, 1.807) is 0 Å². The maximum absolute atomic E-state index is 11.2. The summed E-state index contributed by atoms with van der Waals surface area (Å²) in [6, 6.07) is 0. The molecule has 0 radical (unpaired) electrons. The van der Waals surface area contributed by atoms with Gasteiger partial charge in [0.1, 0.15) is 4.88 Å². The van der Waals surface area contributed by atoms with Crippen molar-refractivity contribution in [2.24, 2.45) is 0 Å². The first-order chi connectivity index (χ1) is 10.1. The summed E-state index contributed by atoms with van der Waals surface area (Å²) in [7, 11) is 0. The van der Waals surface area contributed by atoms with Crippen molar-refractivity contribution in [2.45, 2.75) is 27.2 Å². The number of rotatable bonds is 11. The maximum Gasteiger partial charge on any atom is 0.347 e. The molecule has 1 aromatic heterocycles. The second-order valence-corrected chi connectivity index (χ2v) is 5.29. The van der Waals surface area contributed by atoms with Crippen LogP contribution in [0.4, 0.5) is 5.13 Å².